The van der Waals surface area contributed by atoms with Gasteiger partial charge in [-0.2, -0.15) is 0 Å². The van der Waals surface area contributed by atoms with E-state index >= 15 is 0 Å². The predicted molar refractivity (Wildman–Crippen MR) is 102 cm³/mol. The molecule has 0 amide bonds. The van der Waals surface area contributed by atoms with E-state index in [4.69, 9.17) is 0 Å². The Morgan fingerprint density at radius 3 is 2.04 bits per heavy atom. The molecule has 0 aliphatic heterocycles. The van der Waals surface area contributed by atoms with Crippen LogP contribution in [0.4, 0.5) is 0 Å². The van der Waals surface area contributed by atoms with Crippen LogP contribution in [0.15, 0.2) is 84.9 Å². The first kappa shape index (κ1) is 16.7. The van der Waals surface area contributed by atoms with Crippen LogP contribution in [0.2, 0.25) is 0 Å². The Balaban J connectivity index is 2.03. The van der Waals surface area contributed by atoms with E-state index in [0.717, 1.165) is 28.2 Å². The maximum atomic E-state index is 14.1. The summed E-state index contributed by atoms with van der Waals surface area (Å²) in [5.74, 6) is 0. The monoisotopic (exact) mass is 335 g/mol. The molecule has 0 bridgehead atoms. The highest BCUT2D eigenvalue weighted by Gasteiger charge is 2.28. The molecule has 3 heteroatoms. The maximum Gasteiger partial charge on any atom is 0.205 e. The average molecular weight is 335 g/mol. The van der Waals surface area contributed by atoms with Crippen LogP contribution >= 0.6 is 7.29 Å². The van der Waals surface area contributed by atoms with Crippen molar-refractivity contribution in [1.82, 2.24) is 5.09 Å². The first-order valence-corrected chi connectivity index (χ1v) is 9.98. The van der Waals surface area contributed by atoms with Gasteiger partial charge in [0.05, 0.1) is 0 Å². The van der Waals surface area contributed by atoms with Crippen LogP contribution in [0.25, 0.3) is 0 Å². The van der Waals surface area contributed by atoms with E-state index in [1.54, 1.807) is 0 Å². The van der Waals surface area contributed by atoms with Gasteiger partial charge in [-0.25, -0.2) is 0 Å². The molecule has 3 aromatic rings. The Bertz CT molecular complexity index is 831. The van der Waals surface area contributed by atoms with Gasteiger partial charge in [-0.3, -0.25) is 9.65 Å². The fraction of sp³-hybridized carbons (Fsp3) is 0.143. The van der Waals surface area contributed by atoms with Crippen molar-refractivity contribution in [3.05, 3.63) is 96.1 Å². The molecule has 1 N–H and O–H groups in total. The summed E-state index contributed by atoms with van der Waals surface area (Å²) < 4.78 is 14.1. The highest BCUT2D eigenvalue weighted by Crippen LogP contribution is 2.40. The maximum absolute atomic E-state index is 14.1. The lowest BCUT2D eigenvalue weighted by molar-refractivity contribution is 0.577. The van der Waals surface area contributed by atoms with Gasteiger partial charge in [0.2, 0.25) is 7.29 Å². The Morgan fingerprint density at radius 2 is 1.38 bits per heavy atom. The summed E-state index contributed by atoms with van der Waals surface area (Å²) in [5.41, 5.74) is 2.26. The molecule has 0 aliphatic carbocycles. The Kier molecular flexibility index (Phi) is 5.30. The van der Waals surface area contributed by atoms with Crippen LogP contribution in [0.5, 0.6) is 0 Å². The van der Waals surface area contributed by atoms with Crippen LogP contribution in [0, 0.1) is 0 Å². The van der Waals surface area contributed by atoms with Crippen molar-refractivity contribution in [2.75, 3.05) is 0 Å². The molecule has 24 heavy (non-hydrogen) atoms. The second-order valence-electron chi connectivity index (χ2n) is 5.75. The molecule has 0 saturated heterocycles. The molecule has 122 valence electrons. The van der Waals surface area contributed by atoms with Crippen LogP contribution < -0.4 is 15.7 Å². The number of hydrogen-bond donors (Lipinski definition) is 1. The van der Waals surface area contributed by atoms with Gasteiger partial charge in [-0.15, -0.1) is 0 Å². The van der Waals surface area contributed by atoms with E-state index in [9.17, 15) is 4.57 Å². The van der Waals surface area contributed by atoms with E-state index in [2.05, 4.69) is 18.1 Å². The molecule has 0 radical (unpaired) electrons. The smallest absolute Gasteiger partial charge is 0.205 e. The third-order valence-electron chi connectivity index (χ3n) is 4.18. The van der Waals surface area contributed by atoms with Gasteiger partial charge in [-0.1, -0.05) is 73.7 Å². The molecule has 0 fully saturated rings. The van der Waals surface area contributed by atoms with Gasteiger partial charge in [-0.05, 0) is 35.7 Å². The molecule has 0 heterocycles. The van der Waals surface area contributed by atoms with Crippen molar-refractivity contribution in [2.45, 2.75) is 19.9 Å². The van der Waals surface area contributed by atoms with Crippen LogP contribution in [-0.2, 0) is 17.5 Å². The minimum atomic E-state index is -2.89. The van der Waals surface area contributed by atoms with Crippen molar-refractivity contribution in [2.24, 2.45) is 0 Å². The SMILES string of the molecule is CCc1ccccc1[P@@](=O)(NCc1ccccc1)c1ccccc1. The van der Waals surface area contributed by atoms with Gasteiger partial charge >= 0.3 is 0 Å². The molecule has 0 spiro atoms. The van der Waals surface area contributed by atoms with E-state index < -0.39 is 7.29 Å². The van der Waals surface area contributed by atoms with Gasteiger partial charge in [0.15, 0.2) is 0 Å². The number of nitrogens with one attached hydrogen (secondary N) is 1. The molecule has 0 aromatic heterocycles. The zero-order valence-corrected chi connectivity index (χ0v) is 14.7. The summed E-state index contributed by atoms with van der Waals surface area (Å²) in [4.78, 5) is 0. The molecular weight excluding hydrogens is 313 g/mol. The first-order chi connectivity index (χ1) is 11.7. The minimum Gasteiger partial charge on any atom is -0.297 e. The highest BCUT2D eigenvalue weighted by molar-refractivity contribution is 7.77. The summed E-state index contributed by atoms with van der Waals surface area (Å²) >= 11 is 0. The van der Waals surface area contributed by atoms with E-state index in [-0.39, 0.29) is 0 Å². The van der Waals surface area contributed by atoms with Gasteiger partial charge in [0.25, 0.3) is 0 Å². The normalized spacial score (nSPS) is 13.4. The van der Waals surface area contributed by atoms with E-state index in [1.165, 1.54) is 0 Å². The standard InChI is InChI=1S/C21H22NOP/c1-2-19-13-9-10-16-21(19)24(23,20-14-7-4-8-15-20)22-17-18-11-5-3-6-12-18/h3-16H,2,17H2,1H3,(H,22,23)/t24-/m1/s1. The lowest BCUT2D eigenvalue weighted by atomic mass is 10.2. The third-order valence-corrected chi connectivity index (χ3v) is 6.92. The van der Waals surface area contributed by atoms with Crippen molar-refractivity contribution < 1.29 is 4.57 Å². The second kappa shape index (κ2) is 7.61. The molecule has 0 unspecified atom stereocenters. The lowest BCUT2D eigenvalue weighted by Gasteiger charge is -2.23. The van der Waals surface area contributed by atoms with Crippen molar-refractivity contribution in [3.8, 4) is 0 Å². The average Bonchev–Trinajstić information content (AvgIpc) is 2.67. The van der Waals surface area contributed by atoms with Crippen LogP contribution in [0.3, 0.4) is 0 Å². The number of rotatable bonds is 6. The molecule has 0 aliphatic rings. The largest absolute Gasteiger partial charge is 0.297 e. The quantitative estimate of drug-likeness (QED) is 0.682. The summed E-state index contributed by atoms with van der Waals surface area (Å²) in [5, 5.41) is 5.14. The molecule has 3 aromatic carbocycles. The molecule has 0 saturated carbocycles. The molecule has 1 atom stereocenters. The van der Waals surface area contributed by atoms with Crippen molar-refractivity contribution in [3.63, 3.8) is 0 Å². The number of hydrogen-bond acceptors (Lipinski definition) is 1. The Hall–Kier alpha value is -2.15. The van der Waals surface area contributed by atoms with Crippen molar-refractivity contribution >= 4 is 17.9 Å². The Morgan fingerprint density at radius 1 is 0.792 bits per heavy atom. The molecule has 2 nitrogen and oxygen atoms in total. The zero-order chi connectivity index (χ0) is 16.8. The highest BCUT2D eigenvalue weighted by atomic mass is 31.2. The van der Waals surface area contributed by atoms with Gasteiger partial charge in [0.1, 0.15) is 0 Å². The van der Waals surface area contributed by atoms with Crippen LogP contribution in [-0.4, -0.2) is 0 Å². The van der Waals surface area contributed by atoms with Crippen LogP contribution in [0.1, 0.15) is 18.1 Å². The predicted octanol–water partition coefficient (Wildman–Crippen LogP) is 4.27. The molecule has 3 rings (SSSR count). The second-order valence-corrected chi connectivity index (χ2v) is 8.28. The first-order valence-electron chi connectivity index (χ1n) is 8.27. The van der Waals surface area contributed by atoms with E-state index in [0.29, 0.717) is 6.54 Å². The number of benzene rings is 3. The third kappa shape index (κ3) is 3.51. The minimum absolute atomic E-state index is 0.574. The lowest BCUT2D eigenvalue weighted by Crippen LogP contribution is -2.29. The Labute approximate surface area is 144 Å². The summed E-state index contributed by atoms with van der Waals surface area (Å²) in [6.07, 6.45) is 0.861. The number of aryl methyl sites for hydroxylation is 1. The van der Waals surface area contributed by atoms with E-state index in [1.807, 2.05) is 78.9 Å². The fourth-order valence-electron chi connectivity index (χ4n) is 2.87. The van der Waals surface area contributed by atoms with Crippen molar-refractivity contribution in [1.29, 1.82) is 0 Å². The summed E-state index contributed by atoms with van der Waals surface area (Å²) in [6, 6.07) is 27.9. The summed E-state index contributed by atoms with van der Waals surface area (Å²) in [7, 11) is -2.89. The zero-order valence-electron chi connectivity index (χ0n) is 13.9. The topological polar surface area (TPSA) is 29.1 Å². The van der Waals surface area contributed by atoms with Gasteiger partial charge in [0, 0.05) is 17.2 Å². The fourth-order valence-corrected chi connectivity index (χ4v) is 5.43. The molecular formula is C21H22NOP. The van der Waals surface area contributed by atoms with Gasteiger partial charge < -0.3 is 0 Å². The summed E-state index contributed by atoms with van der Waals surface area (Å²) in [6.45, 7) is 2.68.